The van der Waals surface area contributed by atoms with Crippen LogP contribution < -0.4 is 5.30 Å². The van der Waals surface area contributed by atoms with Crippen molar-refractivity contribution in [2.24, 2.45) is 0 Å². The van der Waals surface area contributed by atoms with Crippen molar-refractivity contribution in [2.45, 2.75) is 0 Å². The molecule has 2 aromatic carbocycles. The minimum absolute atomic E-state index is 0.479. The highest BCUT2D eigenvalue weighted by molar-refractivity contribution is 7.68. The van der Waals surface area contributed by atoms with E-state index in [9.17, 15) is 9.36 Å². The molecule has 16 heavy (non-hydrogen) atoms. The van der Waals surface area contributed by atoms with E-state index in [0.717, 1.165) is 11.1 Å². The van der Waals surface area contributed by atoms with Crippen LogP contribution in [0.4, 0.5) is 0 Å². The molecule has 0 saturated carbocycles. The molecule has 0 aliphatic heterocycles. The quantitative estimate of drug-likeness (QED) is 0.599. The van der Waals surface area contributed by atoms with Crippen LogP contribution >= 0.6 is 7.80 Å². The lowest BCUT2D eigenvalue weighted by Crippen LogP contribution is -1.95. The van der Waals surface area contributed by atoms with Crippen LogP contribution in [0.3, 0.4) is 0 Å². The largest absolute Gasteiger partial charge is 0.449 e. The summed E-state index contributed by atoms with van der Waals surface area (Å²) in [6, 6.07) is 17.6. The van der Waals surface area contributed by atoms with Gasteiger partial charge in [-0.1, -0.05) is 34.9 Å². The van der Waals surface area contributed by atoms with Crippen molar-refractivity contribution in [3.63, 3.8) is 0 Å². The Kier molecular flexibility index (Phi) is 3.23. The summed E-state index contributed by atoms with van der Waals surface area (Å²) < 4.78 is 11.2. The van der Waals surface area contributed by atoms with E-state index in [1.54, 1.807) is 12.1 Å². The fourth-order valence-corrected chi connectivity index (χ4v) is 2.06. The summed E-state index contributed by atoms with van der Waals surface area (Å²) in [6.45, 7) is 0. The molecular formula is C13H10O2P+. The van der Waals surface area contributed by atoms with Gasteiger partial charge in [0.15, 0.2) is 5.30 Å². The first kappa shape index (κ1) is 10.7. The summed E-state index contributed by atoms with van der Waals surface area (Å²) in [4.78, 5) is 10.4. The first-order valence-electron chi connectivity index (χ1n) is 4.88. The number of rotatable bonds is 3. The van der Waals surface area contributed by atoms with Crippen LogP contribution in [-0.4, -0.2) is 6.03 Å². The molecule has 0 radical (unpaired) electrons. The van der Waals surface area contributed by atoms with Gasteiger partial charge in [0.05, 0.1) is 0 Å². The third-order valence-corrected chi connectivity index (χ3v) is 3.32. The van der Waals surface area contributed by atoms with Crippen molar-refractivity contribution in [2.75, 3.05) is 0 Å². The second kappa shape index (κ2) is 4.82. The smallest absolute Gasteiger partial charge is 0.243 e. The predicted octanol–water partition coefficient (Wildman–Crippen LogP) is 3.00. The van der Waals surface area contributed by atoms with Gasteiger partial charge in [-0.25, -0.2) is 4.79 Å². The van der Waals surface area contributed by atoms with Gasteiger partial charge in [-0.2, -0.15) is 0 Å². The summed E-state index contributed by atoms with van der Waals surface area (Å²) in [5.41, 5.74) is 2.16. The molecule has 2 nitrogen and oxygen atoms in total. The lowest BCUT2D eigenvalue weighted by Gasteiger charge is -1.99. The molecular weight excluding hydrogens is 219 g/mol. The molecule has 78 valence electrons. The van der Waals surface area contributed by atoms with E-state index in [4.69, 9.17) is 0 Å². The van der Waals surface area contributed by atoms with Gasteiger partial charge in [-0.15, -0.1) is 0 Å². The Morgan fingerprint density at radius 2 is 1.38 bits per heavy atom. The van der Waals surface area contributed by atoms with Crippen molar-refractivity contribution >= 4 is 19.1 Å². The fraction of sp³-hybridized carbons (Fsp3) is 0. The molecule has 0 aliphatic carbocycles. The Balaban J connectivity index is 2.33. The van der Waals surface area contributed by atoms with Crippen LogP contribution in [0.5, 0.6) is 0 Å². The highest BCUT2D eigenvalue weighted by Crippen LogP contribution is 2.20. The van der Waals surface area contributed by atoms with Gasteiger partial charge < -0.3 is 0 Å². The molecule has 0 aromatic heterocycles. The molecule has 2 rings (SSSR count). The third-order valence-electron chi connectivity index (χ3n) is 2.32. The van der Waals surface area contributed by atoms with Crippen molar-refractivity contribution in [1.29, 1.82) is 0 Å². The Morgan fingerprint density at radius 3 is 1.94 bits per heavy atom. The average Bonchev–Trinajstić information content (AvgIpc) is 2.39. The van der Waals surface area contributed by atoms with Crippen molar-refractivity contribution in [1.82, 2.24) is 0 Å². The van der Waals surface area contributed by atoms with E-state index in [0.29, 0.717) is 11.3 Å². The van der Waals surface area contributed by atoms with E-state index in [-0.39, 0.29) is 0 Å². The zero-order chi connectivity index (χ0) is 11.4. The van der Waals surface area contributed by atoms with Gasteiger partial charge in [0.25, 0.3) is 0 Å². The standard InChI is InChI=1S/C13H10O2P/c14-10-16(15)13-8-6-12(7-9-13)11-4-2-1-3-5-11/h1-10H/q+1. The summed E-state index contributed by atoms with van der Waals surface area (Å²) >= 11 is 0. The van der Waals surface area contributed by atoms with Crippen LogP contribution in [0, 0.1) is 0 Å². The topological polar surface area (TPSA) is 34.1 Å². The van der Waals surface area contributed by atoms with Crippen LogP contribution in [-0.2, 0) is 9.36 Å². The summed E-state index contributed by atoms with van der Waals surface area (Å²) in [6.07, 6.45) is 0. The maximum atomic E-state index is 11.2. The highest BCUT2D eigenvalue weighted by Gasteiger charge is 2.17. The zero-order valence-electron chi connectivity index (χ0n) is 8.54. The Hall–Kier alpha value is -1.79. The molecule has 0 spiro atoms. The van der Waals surface area contributed by atoms with Gasteiger partial charge in [-0.05, 0) is 35.4 Å². The molecule has 0 aliphatic rings. The Labute approximate surface area is 94.7 Å². The number of hydrogen-bond donors (Lipinski definition) is 0. The summed E-state index contributed by atoms with van der Waals surface area (Å²) in [7, 11) is -1.89. The minimum atomic E-state index is -1.89. The average molecular weight is 229 g/mol. The number of hydrogen-bond acceptors (Lipinski definition) is 2. The third kappa shape index (κ3) is 2.23. The summed E-state index contributed by atoms with van der Waals surface area (Å²) in [5.74, 6) is 0. The van der Waals surface area contributed by atoms with Gasteiger partial charge in [0, 0.05) is 0 Å². The van der Waals surface area contributed by atoms with Crippen LogP contribution in [0.2, 0.25) is 0 Å². The Bertz CT molecular complexity index is 503. The molecule has 0 heterocycles. The number of benzene rings is 2. The van der Waals surface area contributed by atoms with E-state index >= 15 is 0 Å². The highest BCUT2D eigenvalue weighted by atomic mass is 31.1. The van der Waals surface area contributed by atoms with Crippen LogP contribution in [0.15, 0.2) is 54.6 Å². The SMILES string of the molecule is O=C[P+](=O)c1ccc(-c2ccccc2)cc1. The maximum Gasteiger partial charge on any atom is 0.449 e. The number of carbonyl (C=O) groups is 1. The lowest BCUT2D eigenvalue weighted by atomic mass is 10.1. The monoisotopic (exact) mass is 229 g/mol. The van der Waals surface area contributed by atoms with Crippen molar-refractivity contribution in [3.05, 3.63) is 54.6 Å². The molecule has 0 bridgehead atoms. The Morgan fingerprint density at radius 1 is 0.812 bits per heavy atom. The molecule has 1 unspecified atom stereocenters. The molecule has 0 saturated heterocycles. The van der Waals surface area contributed by atoms with Crippen molar-refractivity contribution in [3.8, 4) is 11.1 Å². The minimum Gasteiger partial charge on any atom is -0.243 e. The van der Waals surface area contributed by atoms with E-state index in [1.807, 2.05) is 42.5 Å². The molecule has 3 heteroatoms. The molecule has 0 fully saturated rings. The first-order valence-corrected chi connectivity index (χ1v) is 6.21. The maximum absolute atomic E-state index is 11.2. The first-order chi connectivity index (χ1) is 7.81. The molecule has 0 amide bonds. The van der Waals surface area contributed by atoms with Gasteiger partial charge >= 0.3 is 13.8 Å². The van der Waals surface area contributed by atoms with E-state index < -0.39 is 7.80 Å². The predicted molar refractivity (Wildman–Crippen MR) is 65.9 cm³/mol. The fourth-order valence-electron chi connectivity index (χ4n) is 1.49. The second-order valence-electron chi connectivity index (χ2n) is 3.34. The molecule has 1 atom stereocenters. The second-order valence-corrected chi connectivity index (χ2v) is 4.72. The molecule has 2 aromatic rings. The van der Waals surface area contributed by atoms with Gasteiger partial charge in [0.2, 0.25) is 0 Å². The summed E-state index contributed by atoms with van der Waals surface area (Å²) in [5, 5.41) is 0.574. The van der Waals surface area contributed by atoms with E-state index in [2.05, 4.69) is 0 Å². The van der Waals surface area contributed by atoms with Crippen molar-refractivity contribution < 1.29 is 9.36 Å². The normalized spacial score (nSPS) is 10.9. The zero-order valence-corrected chi connectivity index (χ0v) is 9.43. The van der Waals surface area contributed by atoms with Crippen LogP contribution in [0.1, 0.15) is 0 Å². The van der Waals surface area contributed by atoms with Gasteiger partial charge in [-0.3, -0.25) is 0 Å². The lowest BCUT2D eigenvalue weighted by molar-refractivity contribution is 0.560. The number of carbonyl (C=O) groups excluding carboxylic acids is 1. The molecule has 0 N–H and O–H groups in total. The van der Waals surface area contributed by atoms with Crippen LogP contribution in [0.25, 0.3) is 11.1 Å². The van der Waals surface area contributed by atoms with E-state index in [1.165, 1.54) is 0 Å². The van der Waals surface area contributed by atoms with Gasteiger partial charge in [0.1, 0.15) is 0 Å².